The van der Waals surface area contributed by atoms with Crippen molar-refractivity contribution in [1.82, 2.24) is 9.89 Å². The molecule has 0 fully saturated rings. The molecule has 2 unspecified atom stereocenters. The predicted octanol–water partition coefficient (Wildman–Crippen LogP) is 3.26. The number of carbonyl (C=O) groups is 2. The number of phosphoric ester groups is 1. The van der Waals surface area contributed by atoms with Crippen molar-refractivity contribution >= 4 is 36.4 Å². The zero-order valence-electron chi connectivity index (χ0n) is 26.4. The molecule has 46 heavy (non-hydrogen) atoms. The first kappa shape index (κ1) is 34.8. The molecule has 2 atom stereocenters. The number of anilines is 1. The second-order valence-electron chi connectivity index (χ2n) is 11.0. The number of hydrogen-bond acceptors (Lipinski definition) is 9. The summed E-state index contributed by atoms with van der Waals surface area (Å²) >= 11 is 0. The number of carboxylic acids is 1. The van der Waals surface area contributed by atoms with Crippen molar-refractivity contribution in [2.24, 2.45) is 0 Å². The average Bonchev–Trinajstić information content (AvgIpc) is 3.03. The molecule has 1 aliphatic heterocycles. The fourth-order valence-corrected chi connectivity index (χ4v) is 5.24. The molecule has 1 aliphatic carbocycles. The lowest BCUT2D eigenvalue weighted by Crippen LogP contribution is -2.26. The fraction of sp³-hybridized carbons (Fsp3) is 0.344. The maximum absolute atomic E-state index is 13.2. The molecule has 2 aromatic rings. The van der Waals surface area contributed by atoms with Gasteiger partial charge in [-0.25, -0.2) is 13.9 Å². The third-order valence-electron chi connectivity index (χ3n) is 7.23. The molecule has 1 heterocycles. The minimum atomic E-state index is -4.19. The van der Waals surface area contributed by atoms with Gasteiger partial charge in [-0.3, -0.25) is 13.8 Å². The van der Waals surface area contributed by atoms with E-state index >= 15 is 0 Å². The van der Waals surface area contributed by atoms with Crippen LogP contribution in [0.5, 0.6) is 0 Å². The molecule has 0 bridgehead atoms. The van der Waals surface area contributed by atoms with Gasteiger partial charge in [0, 0.05) is 74.3 Å². The summed E-state index contributed by atoms with van der Waals surface area (Å²) in [5, 5.41) is 24.4. The molecule has 4 N–H and O–H groups in total. The molecule has 2 aliphatic rings. The highest BCUT2D eigenvalue weighted by Crippen LogP contribution is 2.43. The number of nitrogens with zero attached hydrogens (tertiary/aromatic N) is 2. The van der Waals surface area contributed by atoms with E-state index in [0.717, 1.165) is 18.2 Å². The molecule has 0 radical (unpaired) electrons. The number of aromatic carboxylic acids is 1. The van der Waals surface area contributed by atoms with Crippen LogP contribution < -0.4 is 20.1 Å². The third kappa shape index (κ3) is 8.38. The second kappa shape index (κ2) is 15.0. The van der Waals surface area contributed by atoms with E-state index in [1.54, 1.807) is 6.07 Å². The van der Waals surface area contributed by atoms with Crippen LogP contribution >= 0.6 is 7.82 Å². The summed E-state index contributed by atoms with van der Waals surface area (Å²) in [6.45, 7) is -0.152. The van der Waals surface area contributed by atoms with Crippen molar-refractivity contribution in [2.45, 2.75) is 12.5 Å². The van der Waals surface area contributed by atoms with Crippen molar-refractivity contribution in [3.8, 4) is 22.5 Å². The van der Waals surface area contributed by atoms with Crippen LogP contribution in [0.15, 0.2) is 59.0 Å². The van der Waals surface area contributed by atoms with Crippen molar-refractivity contribution in [1.29, 1.82) is 0 Å². The Labute approximate surface area is 266 Å². The van der Waals surface area contributed by atoms with Crippen LogP contribution in [0.2, 0.25) is 0 Å². The molecule has 13 nitrogen and oxygen atoms in total. The van der Waals surface area contributed by atoms with E-state index in [1.165, 1.54) is 12.1 Å². The number of carbonyl (C=O) groups excluding carboxylic acids is 1. The highest BCUT2D eigenvalue weighted by Gasteiger charge is 2.24. The molecular weight excluding hydrogens is 617 g/mol. The first-order valence-electron chi connectivity index (χ1n) is 14.4. The van der Waals surface area contributed by atoms with Crippen LogP contribution in [0.3, 0.4) is 0 Å². The number of benzene rings is 3. The van der Waals surface area contributed by atoms with E-state index in [-0.39, 0.29) is 30.9 Å². The Morgan fingerprint density at radius 2 is 1.80 bits per heavy atom. The molecule has 0 spiro atoms. The molecule has 246 valence electrons. The molecule has 14 heteroatoms. The summed E-state index contributed by atoms with van der Waals surface area (Å²) in [7, 11) is 4.51. The smallest absolute Gasteiger partial charge is 0.472 e. The van der Waals surface area contributed by atoms with Gasteiger partial charge in [0.05, 0.1) is 24.8 Å². The summed E-state index contributed by atoms with van der Waals surface area (Å²) in [5.41, 5.74) is 3.50. The zero-order valence-corrected chi connectivity index (χ0v) is 27.2. The van der Waals surface area contributed by atoms with Gasteiger partial charge in [-0.2, -0.15) is 0 Å². The molecule has 0 saturated carbocycles. The van der Waals surface area contributed by atoms with E-state index in [0.29, 0.717) is 39.8 Å². The molecule has 0 aromatic heterocycles. The van der Waals surface area contributed by atoms with Gasteiger partial charge in [0.2, 0.25) is 5.36 Å². The Bertz CT molecular complexity index is 1820. The van der Waals surface area contributed by atoms with Crippen LogP contribution in [0.4, 0.5) is 5.69 Å². The normalized spacial score (nSPS) is 13.4. The Morgan fingerprint density at radius 1 is 1.04 bits per heavy atom. The largest absolute Gasteiger partial charge is 0.478 e. The molecule has 1 amide bonds. The van der Waals surface area contributed by atoms with E-state index in [2.05, 4.69) is 14.4 Å². The van der Waals surface area contributed by atoms with Gasteiger partial charge in [0.15, 0.2) is 0 Å². The fourth-order valence-electron chi connectivity index (χ4n) is 4.77. The highest BCUT2D eigenvalue weighted by atomic mass is 31.2. The van der Waals surface area contributed by atoms with Crippen LogP contribution in [-0.2, 0) is 18.3 Å². The average molecular weight is 657 g/mol. The number of fused-ring (bicyclic) bond motifs is 2. The number of aliphatic hydroxyl groups is 1. The summed E-state index contributed by atoms with van der Waals surface area (Å²) in [6, 6.07) is 15.9. The lowest BCUT2D eigenvalue weighted by Gasteiger charge is -2.19. The molecule has 4 rings (SSSR count). The Hall–Kier alpha value is -4.10. The zero-order chi connectivity index (χ0) is 33.6. The minimum absolute atomic E-state index is 0.0395. The number of rotatable bonds is 14. The van der Waals surface area contributed by atoms with Gasteiger partial charge in [-0.15, -0.1) is 0 Å². The Balaban J connectivity index is 1.59. The molecule has 2 aromatic carbocycles. The predicted molar refractivity (Wildman–Crippen MR) is 173 cm³/mol. The lowest BCUT2D eigenvalue weighted by atomic mass is 9.89. The van der Waals surface area contributed by atoms with Gasteiger partial charge in [0.25, 0.3) is 5.91 Å². The number of carboxylic acid groups (broad SMARTS) is 1. The first-order valence-corrected chi connectivity index (χ1v) is 15.9. The van der Waals surface area contributed by atoms with Crippen LogP contribution in [0, 0.1) is 0 Å². The summed E-state index contributed by atoms with van der Waals surface area (Å²) in [5.74, 6) is -0.965. The van der Waals surface area contributed by atoms with Gasteiger partial charge >= 0.3 is 13.8 Å². The Kier molecular flexibility index (Phi) is 11.3. The standard InChI is InChI=1S/C32H38N3O10P/c1-34(2)21-8-11-25-28(16-21)45-29-17-22(35(3)4)9-12-26(29)30(25)27-15-20(7-10-24(27)32(38)39)31(37)33-13-6-14-43-18-23(36)19-44-46(40,41)42-5/h7-12,15-17,23,36H,6,13-14,18-19H2,1-5H3,(H2-,33,37,38,39,40,41)/p+1. The van der Waals surface area contributed by atoms with Crippen molar-refractivity contribution < 1.29 is 47.5 Å². The number of aliphatic hydroxyl groups excluding tert-OH is 1. The van der Waals surface area contributed by atoms with Gasteiger partial charge in [-0.05, 0) is 48.4 Å². The Morgan fingerprint density at radius 3 is 2.48 bits per heavy atom. The first-order chi connectivity index (χ1) is 21.8. The number of nitrogens with one attached hydrogen (secondary N) is 1. The maximum Gasteiger partial charge on any atom is 0.472 e. The summed E-state index contributed by atoms with van der Waals surface area (Å²) in [6.07, 6.45) is -0.730. The van der Waals surface area contributed by atoms with Gasteiger partial charge in [-0.1, -0.05) is 0 Å². The SMILES string of the molecule is COP(=O)(O)OCC(O)COCCCNC(=O)c1ccc(C(=O)O)c(-c2c3ccc(=[N+](C)C)cc-3oc3cc(N(C)C)ccc23)c1. The lowest BCUT2D eigenvalue weighted by molar-refractivity contribution is 0.00400. The third-order valence-corrected chi connectivity index (χ3v) is 8.16. The molecule has 0 saturated heterocycles. The van der Waals surface area contributed by atoms with Crippen LogP contribution in [0.1, 0.15) is 27.1 Å². The summed E-state index contributed by atoms with van der Waals surface area (Å²) in [4.78, 5) is 36.8. The maximum atomic E-state index is 13.2. The van der Waals surface area contributed by atoms with Crippen molar-refractivity contribution in [3.63, 3.8) is 0 Å². The topological polar surface area (TPSA) is 171 Å². The van der Waals surface area contributed by atoms with E-state index in [4.69, 9.17) is 9.15 Å². The van der Waals surface area contributed by atoms with Crippen molar-refractivity contribution in [3.05, 3.63) is 71.1 Å². The van der Waals surface area contributed by atoms with Gasteiger partial charge in [0.1, 0.15) is 31.5 Å². The second-order valence-corrected chi connectivity index (χ2v) is 12.5. The van der Waals surface area contributed by atoms with E-state index < -0.39 is 32.4 Å². The number of amides is 1. The van der Waals surface area contributed by atoms with E-state index in [9.17, 15) is 29.3 Å². The van der Waals surface area contributed by atoms with Gasteiger partial charge < -0.3 is 34.5 Å². The number of ether oxygens (including phenoxy) is 1. The number of hydrogen-bond donors (Lipinski definition) is 4. The monoisotopic (exact) mass is 656 g/mol. The van der Waals surface area contributed by atoms with Crippen LogP contribution in [-0.4, -0.2) is 94.8 Å². The summed E-state index contributed by atoms with van der Waals surface area (Å²) < 4.78 is 33.8. The minimum Gasteiger partial charge on any atom is -0.478 e. The van der Waals surface area contributed by atoms with E-state index in [1.807, 2.05) is 74.1 Å². The van der Waals surface area contributed by atoms with Crippen LogP contribution in [0.25, 0.3) is 33.4 Å². The number of phosphoric acid groups is 1. The quantitative estimate of drug-likeness (QED) is 0.0680. The highest BCUT2D eigenvalue weighted by molar-refractivity contribution is 7.47. The van der Waals surface area contributed by atoms with Crippen molar-refractivity contribution in [2.75, 3.05) is 66.6 Å². The molecular formula is C32H39N3O10P+.